The molecule has 2 unspecified atom stereocenters. The van der Waals surface area contributed by atoms with E-state index >= 15 is 0 Å². The number of aliphatic hydroxyl groups excluding tert-OH is 1. The lowest BCUT2D eigenvalue weighted by Crippen LogP contribution is -2.60. The Morgan fingerprint density at radius 1 is 1.10 bits per heavy atom. The number of piperidine rings is 1. The molecule has 2 aliphatic rings. The second-order valence-electron chi connectivity index (χ2n) is 10.4. The molecule has 0 bridgehead atoms. The highest BCUT2D eigenvalue weighted by molar-refractivity contribution is 5.89. The molecule has 2 fully saturated rings. The van der Waals surface area contributed by atoms with Crippen LogP contribution in [-0.2, 0) is 11.2 Å². The Balaban J connectivity index is 0.00000420. The number of hydrogen-bond donors (Lipinski definition) is 4. The van der Waals surface area contributed by atoms with Gasteiger partial charge in [0.05, 0.1) is 12.3 Å². The smallest absolute Gasteiger partial charge is 0.354 e. The first-order chi connectivity index (χ1) is 18.2. The molecule has 6 N–H and O–H groups in total. The topological polar surface area (TPSA) is 163 Å². The number of anilines is 1. The fourth-order valence-electron chi connectivity index (χ4n) is 4.80. The van der Waals surface area contributed by atoms with Gasteiger partial charge < -0.3 is 31.3 Å². The fraction of sp³-hybridized carbons (Fsp3) is 0.538. The first-order valence-corrected chi connectivity index (χ1v) is 13.1. The van der Waals surface area contributed by atoms with Crippen molar-refractivity contribution in [3.05, 3.63) is 52.6 Å². The molecule has 3 heterocycles. The van der Waals surface area contributed by atoms with Crippen LogP contribution in [0.2, 0.25) is 0 Å². The van der Waals surface area contributed by atoms with E-state index in [9.17, 15) is 19.5 Å². The van der Waals surface area contributed by atoms with Crippen molar-refractivity contribution in [2.75, 3.05) is 57.7 Å². The van der Waals surface area contributed by atoms with Crippen molar-refractivity contribution >= 4 is 30.2 Å². The first-order valence-electron chi connectivity index (χ1n) is 13.1. The van der Waals surface area contributed by atoms with Gasteiger partial charge in [-0.05, 0) is 56.5 Å². The van der Waals surface area contributed by atoms with E-state index in [1.54, 1.807) is 17.2 Å². The SMILES string of the molecule is CC(N)(CO)C(=O)N1CCN(C(=O)Nc2ccn(-c3ccc(CCN4CCCC(N)C4)cc3)c(=O)n2)CC1.Cl. The molecule has 0 aliphatic carbocycles. The maximum Gasteiger partial charge on any atom is 0.354 e. The monoisotopic (exact) mass is 562 g/mol. The van der Waals surface area contributed by atoms with Crippen molar-refractivity contribution < 1.29 is 14.7 Å². The zero-order valence-electron chi connectivity index (χ0n) is 22.3. The average molecular weight is 563 g/mol. The van der Waals surface area contributed by atoms with Gasteiger partial charge in [0, 0.05) is 51.5 Å². The van der Waals surface area contributed by atoms with Gasteiger partial charge in [-0.15, -0.1) is 12.4 Å². The number of nitrogens with zero attached hydrogens (tertiary/aromatic N) is 5. The number of benzene rings is 1. The number of urea groups is 1. The lowest BCUT2D eigenvalue weighted by molar-refractivity contribution is -0.139. The Labute approximate surface area is 234 Å². The Kier molecular flexibility index (Phi) is 10.4. The second kappa shape index (κ2) is 13.4. The molecule has 39 heavy (non-hydrogen) atoms. The number of carbonyl (C=O) groups is 2. The maximum atomic E-state index is 12.7. The number of piperazine rings is 1. The third-order valence-electron chi connectivity index (χ3n) is 7.18. The summed E-state index contributed by atoms with van der Waals surface area (Å²) in [6.45, 7) is 5.21. The Morgan fingerprint density at radius 3 is 2.38 bits per heavy atom. The highest BCUT2D eigenvalue weighted by Crippen LogP contribution is 2.14. The van der Waals surface area contributed by atoms with Crippen LogP contribution in [0.1, 0.15) is 25.3 Å². The van der Waals surface area contributed by atoms with Gasteiger partial charge >= 0.3 is 11.7 Å². The summed E-state index contributed by atoms with van der Waals surface area (Å²) < 4.78 is 1.43. The predicted molar refractivity (Wildman–Crippen MR) is 151 cm³/mol. The second-order valence-corrected chi connectivity index (χ2v) is 10.4. The summed E-state index contributed by atoms with van der Waals surface area (Å²) in [6, 6.07) is 9.25. The largest absolute Gasteiger partial charge is 0.394 e. The lowest BCUT2D eigenvalue weighted by Gasteiger charge is -2.37. The van der Waals surface area contributed by atoms with Crippen LogP contribution in [0.5, 0.6) is 0 Å². The number of nitrogens with two attached hydrogens (primary N) is 2. The van der Waals surface area contributed by atoms with Gasteiger partial charge in [0.1, 0.15) is 11.4 Å². The van der Waals surface area contributed by atoms with Crippen LogP contribution in [0.3, 0.4) is 0 Å². The third kappa shape index (κ3) is 7.76. The molecular weight excluding hydrogens is 524 g/mol. The van der Waals surface area contributed by atoms with Crippen molar-refractivity contribution in [1.82, 2.24) is 24.3 Å². The molecule has 4 rings (SSSR count). The number of hydrogen-bond acceptors (Lipinski definition) is 8. The highest BCUT2D eigenvalue weighted by atomic mass is 35.5. The summed E-state index contributed by atoms with van der Waals surface area (Å²) in [5.41, 5.74) is 11.9. The number of carbonyl (C=O) groups excluding carboxylic acids is 2. The fourth-order valence-corrected chi connectivity index (χ4v) is 4.80. The molecule has 0 saturated carbocycles. The van der Waals surface area contributed by atoms with Gasteiger partial charge in [-0.2, -0.15) is 4.98 Å². The Morgan fingerprint density at radius 2 is 1.77 bits per heavy atom. The summed E-state index contributed by atoms with van der Waals surface area (Å²) in [4.78, 5) is 47.3. The molecule has 0 radical (unpaired) electrons. The van der Waals surface area contributed by atoms with Crippen LogP contribution in [-0.4, -0.2) is 105 Å². The van der Waals surface area contributed by atoms with Gasteiger partial charge in [-0.1, -0.05) is 12.1 Å². The van der Waals surface area contributed by atoms with Gasteiger partial charge in [0.15, 0.2) is 0 Å². The van der Waals surface area contributed by atoms with Gasteiger partial charge in [0.25, 0.3) is 0 Å². The van der Waals surface area contributed by atoms with E-state index in [1.165, 1.54) is 22.0 Å². The summed E-state index contributed by atoms with van der Waals surface area (Å²) in [5.74, 6) is -0.203. The summed E-state index contributed by atoms with van der Waals surface area (Å²) in [5, 5.41) is 12.0. The number of aromatic nitrogens is 2. The summed E-state index contributed by atoms with van der Waals surface area (Å²) in [6.07, 6.45) is 4.74. The van der Waals surface area contributed by atoms with E-state index in [4.69, 9.17) is 11.5 Å². The zero-order chi connectivity index (χ0) is 27.3. The molecule has 1 aromatic carbocycles. The van der Waals surface area contributed by atoms with Crippen molar-refractivity contribution in [1.29, 1.82) is 0 Å². The van der Waals surface area contributed by atoms with Crippen LogP contribution < -0.4 is 22.5 Å². The van der Waals surface area contributed by atoms with Crippen LogP contribution in [0, 0.1) is 0 Å². The molecule has 1 aromatic heterocycles. The number of aliphatic hydroxyl groups is 1. The van der Waals surface area contributed by atoms with Crippen LogP contribution in [0.25, 0.3) is 5.69 Å². The van der Waals surface area contributed by atoms with Crippen molar-refractivity contribution in [3.63, 3.8) is 0 Å². The van der Waals surface area contributed by atoms with Crippen LogP contribution in [0.15, 0.2) is 41.3 Å². The number of rotatable bonds is 7. The summed E-state index contributed by atoms with van der Waals surface area (Å²) >= 11 is 0. The normalized spacial score (nSPS) is 19.6. The molecule has 0 spiro atoms. The van der Waals surface area contributed by atoms with E-state index in [0.717, 1.165) is 38.9 Å². The van der Waals surface area contributed by atoms with Gasteiger partial charge in [-0.25, -0.2) is 9.59 Å². The molecule has 12 nitrogen and oxygen atoms in total. The van der Waals surface area contributed by atoms with Gasteiger partial charge in [0.2, 0.25) is 5.91 Å². The molecule has 13 heteroatoms. The molecule has 2 saturated heterocycles. The van der Waals surface area contributed by atoms with Crippen LogP contribution >= 0.6 is 12.4 Å². The number of likely N-dealkylation sites (tertiary alicyclic amines) is 1. The quantitative estimate of drug-likeness (QED) is 0.366. The van der Waals surface area contributed by atoms with Crippen molar-refractivity contribution in [2.45, 2.75) is 37.8 Å². The maximum absolute atomic E-state index is 12.7. The summed E-state index contributed by atoms with van der Waals surface area (Å²) in [7, 11) is 0. The molecular formula is C26H39ClN8O4. The van der Waals surface area contributed by atoms with Crippen molar-refractivity contribution in [2.24, 2.45) is 11.5 Å². The Bertz CT molecular complexity index is 1180. The average Bonchev–Trinajstić information content (AvgIpc) is 2.92. The van der Waals surface area contributed by atoms with E-state index in [2.05, 4.69) is 15.2 Å². The minimum absolute atomic E-state index is 0. The molecule has 3 amide bonds. The number of amides is 3. The van der Waals surface area contributed by atoms with E-state index in [0.29, 0.717) is 31.9 Å². The first kappa shape index (κ1) is 30.5. The highest BCUT2D eigenvalue weighted by Gasteiger charge is 2.34. The third-order valence-corrected chi connectivity index (χ3v) is 7.18. The van der Waals surface area contributed by atoms with Gasteiger partial charge in [-0.3, -0.25) is 14.7 Å². The predicted octanol–water partition coefficient (Wildman–Crippen LogP) is 0.00570. The molecule has 2 atom stereocenters. The van der Waals surface area contributed by atoms with Crippen molar-refractivity contribution in [3.8, 4) is 5.69 Å². The van der Waals surface area contributed by atoms with E-state index < -0.39 is 23.9 Å². The van der Waals surface area contributed by atoms with Crippen LogP contribution in [0.4, 0.5) is 10.6 Å². The minimum Gasteiger partial charge on any atom is -0.394 e. The molecule has 214 valence electrons. The number of halogens is 1. The molecule has 2 aromatic rings. The Hall–Kier alpha value is -3.03. The molecule has 2 aliphatic heterocycles. The lowest BCUT2D eigenvalue weighted by atomic mass is 10.0. The zero-order valence-corrected chi connectivity index (χ0v) is 23.1. The minimum atomic E-state index is -1.35. The standard InChI is InChI=1S/C26H38N8O4.ClH/c1-26(28,18-35)23(36)32-13-15-33(16-14-32)24(37)29-22-9-12-34(25(38)30-22)21-6-4-19(5-7-21)8-11-31-10-2-3-20(27)17-31;/h4-7,9,12,20,35H,2-3,8,10-11,13-18,27-28H2,1H3,(H,29,30,37,38);1H. The van der Waals surface area contributed by atoms with E-state index in [-0.39, 0.29) is 30.2 Å². The number of nitrogens with one attached hydrogen (secondary N) is 1. The van der Waals surface area contributed by atoms with E-state index in [1.807, 2.05) is 24.3 Å².